The number of ether oxygens (including phenoxy) is 1. The monoisotopic (exact) mass is 427 g/mol. The minimum Gasteiger partial charge on any atom is -0.442 e. The maximum absolute atomic E-state index is 11.9. The highest BCUT2D eigenvalue weighted by molar-refractivity contribution is 9.10. The molecule has 0 N–H and O–H groups in total. The molecule has 26 heavy (non-hydrogen) atoms. The molecule has 0 amide bonds. The Kier molecular flexibility index (Phi) is 5.57. The van der Waals surface area contributed by atoms with Crippen molar-refractivity contribution in [2.24, 2.45) is 0 Å². The van der Waals surface area contributed by atoms with Gasteiger partial charge in [-0.05, 0) is 69.5 Å². The number of nitrogens with zero attached hydrogens (tertiary/aromatic N) is 1. The van der Waals surface area contributed by atoms with Crippen LogP contribution in [0.1, 0.15) is 21.7 Å². The van der Waals surface area contributed by atoms with Crippen molar-refractivity contribution in [3.8, 4) is 11.8 Å². The molecule has 0 fully saturated rings. The van der Waals surface area contributed by atoms with Crippen LogP contribution in [0.3, 0.4) is 0 Å². The van der Waals surface area contributed by atoms with E-state index in [1.807, 2.05) is 0 Å². The third kappa shape index (κ3) is 4.42. The van der Waals surface area contributed by atoms with Crippen molar-refractivity contribution in [3.05, 3.63) is 87.2 Å². The molecule has 6 heteroatoms. The molecule has 2 aromatic carbocycles. The lowest BCUT2D eigenvalue weighted by atomic mass is 10.0. The number of esters is 1. The summed E-state index contributed by atoms with van der Waals surface area (Å²) in [6.07, 6.45) is 1.75. The summed E-state index contributed by atoms with van der Waals surface area (Å²) in [6.45, 7) is 0. The van der Waals surface area contributed by atoms with Crippen molar-refractivity contribution in [2.45, 2.75) is 0 Å². The zero-order valence-electron chi connectivity index (χ0n) is 13.3. The van der Waals surface area contributed by atoms with E-state index >= 15 is 0 Å². The molecule has 0 radical (unpaired) electrons. The Morgan fingerprint density at radius 1 is 1.08 bits per heavy atom. The molecule has 1 aromatic heterocycles. The highest BCUT2D eigenvalue weighted by atomic mass is 79.9. The van der Waals surface area contributed by atoms with Crippen molar-refractivity contribution >= 4 is 45.1 Å². The zero-order valence-corrected chi connectivity index (χ0v) is 15.6. The molecule has 3 aromatic rings. The molecule has 0 saturated heterocycles. The number of hydrogen-bond donors (Lipinski definition) is 0. The van der Waals surface area contributed by atoms with Crippen molar-refractivity contribution in [1.82, 2.24) is 0 Å². The maximum atomic E-state index is 11.9. The van der Waals surface area contributed by atoms with E-state index in [4.69, 9.17) is 20.8 Å². The number of carbonyl (C=O) groups excluding carboxylic acids is 1. The smallest absolute Gasteiger partial charge is 0.379 e. The molecule has 4 nitrogen and oxygen atoms in total. The van der Waals surface area contributed by atoms with E-state index in [2.05, 4.69) is 22.0 Å². The Balaban J connectivity index is 1.75. The van der Waals surface area contributed by atoms with E-state index in [1.54, 1.807) is 60.7 Å². The lowest BCUT2D eigenvalue weighted by Gasteiger charge is -2.04. The third-order valence-corrected chi connectivity index (χ3v) is 4.13. The summed E-state index contributed by atoms with van der Waals surface area (Å²) in [6, 6.07) is 19.2. The minimum absolute atomic E-state index is 0.107. The standard InChI is InChI=1S/C20H11BrClNO3/c21-19-10-9-18(26-19)20(24)25-17-7-1-13(2-8-17)11-15(12-23)14-3-5-16(22)6-4-14/h1-11H/b15-11-. The van der Waals surface area contributed by atoms with Gasteiger partial charge in [-0.2, -0.15) is 5.26 Å². The average molecular weight is 429 g/mol. The van der Waals surface area contributed by atoms with Gasteiger partial charge in [-0.15, -0.1) is 0 Å². The van der Waals surface area contributed by atoms with Crippen molar-refractivity contribution < 1.29 is 13.9 Å². The van der Waals surface area contributed by atoms with Crippen LogP contribution < -0.4 is 4.74 Å². The lowest BCUT2D eigenvalue weighted by Crippen LogP contribution is -2.06. The van der Waals surface area contributed by atoms with Crippen LogP contribution in [0.5, 0.6) is 5.75 Å². The summed E-state index contributed by atoms with van der Waals surface area (Å²) >= 11 is 9.00. The fourth-order valence-corrected chi connectivity index (χ4v) is 2.62. The second-order valence-corrected chi connectivity index (χ2v) is 6.46. The van der Waals surface area contributed by atoms with Crippen LogP contribution in [0.15, 0.2) is 69.8 Å². The van der Waals surface area contributed by atoms with Gasteiger partial charge >= 0.3 is 5.97 Å². The van der Waals surface area contributed by atoms with Gasteiger partial charge in [0.2, 0.25) is 5.76 Å². The molecule has 0 saturated carbocycles. The molecule has 0 spiro atoms. The van der Waals surface area contributed by atoms with Crippen LogP contribution >= 0.6 is 27.5 Å². The van der Waals surface area contributed by atoms with Crippen LogP contribution in [0.25, 0.3) is 11.6 Å². The van der Waals surface area contributed by atoms with E-state index in [-0.39, 0.29) is 5.76 Å². The molecule has 1 heterocycles. The third-order valence-electron chi connectivity index (χ3n) is 3.45. The number of allylic oxidation sites excluding steroid dienone is 1. The van der Waals surface area contributed by atoms with Gasteiger partial charge in [0.15, 0.2) is 4.67 Å². The van der Waals surface area contributed by atoms with Gasteiger partial charge in [-0.25, -0.2) is 4.79 Å². The van der Waals surface area contributed by atoms with E-state index < -0.39 is 5.97 Å². The SMILES string of the molecule is N#C/C(=C/c1ccc(OC(=O)c2ccc(Br)o2)cc1)c1ccc(Cl)cc1. The lowest BCUT2D eigenvalue weighted by molar-refractivity contribution is 0.0700. The molecule has 0 aliphatic heterocycles. The topological polar surface area (TPSA) is 63.2 Å². The summed E-state index contributed by atoms with van der Waals surface area (Å²) in [5, 5.41) is 9.99. The first-order valence-corrected chi connectivity index (χ1v) is 8.67. The molecule has 0 atom stereocenters. The predicted octanol–water partition coefficient (Wildman–Crippen LogP) is 5.98. The minimum atomic E-state index is -0.585. The first kappa shape index (κ1) is 18.0. The Hall–Kier alpha value is -2.81. The van der Waals surface area contributed by atoms with Crippen molar-refractivity contribution in [2.75, 3.05) is 0 Å². The highest BCUT2D eigenvalue weighted by Crippen LogP contribution is 2.22. The summed E-state index contributed by atoms with van der Waals surface area (Å²) in [7, 11) is 0. The second-order valence-electron chi connectivity index (χ2n) is 5.24. The van der Waals surface area contributed by atoms with Gasteiger partial charge in [0.25, 0.3) is 0 Å². The average Bonchev–Trinajstić information content (AvgIpc) is 3.08. The molecule has 128 valence electrons. The van der Waals surface area contributed by atoms with Crippen LogP contribution in [0.4, 0.5) is 0 Å². The number of nitriles is 1. The van der Waals surface area contributed by atoms with Gasteiger partial charge in [0, 0.05) is 5.02 Å². The van der Waals surface area contributed by atoms with Crippen LogP contribution in [0.2, 0.25) is 5.02 Å². The normalized spacial score (nSPS) is 11.0. The van der Waals surface area contributed by atoms with Crippen molar-refractivity contribution in [3.63, 3.8) is 0 Å². The van der Waals surface area contributed by atoms with E-state index in [0.717, 1.165) is 11.1 Å². The molecule has 0 aliphatic carbocycles. The van der Waals surface area contributed by atoms with Crippen LogP contribution in [-0.4, -0.2) is 5.97 Å². The summed E-state index contributed by atoms with van der Waals surface area (Å²) < 4.78 is 10.9. The first-order valence-electron chi connectivity index (χ1n) is 7.50. The number of hydrogen-bond acceptors (Lipinski definition) is 4. The number of benzene rings is 2. The first-order chi connectivity index (χ1) is 12.5. The largest absolute Gasteiger partial charge is 0.442 e. The molecule has 0 bridgehead atoms. The van der Waals surface area contributed by atoms with E-state index in [9.17, 15) is 10.1 Å². The summed E-state index contributed by atoms with van der Waals surface area (Å²) in [5.74, 6) is -0.0992. The Bertz CT molecular complexity index is 999. The summed E-state index contributed by atoms with van der Waals surface area (Å²) in [5.41, 5.74) is 2.08. The molecule has 0 unspecified atom stereocenters. The maximum Gasteiger partial charge on any atom is 0.379 e. The van der Waals surface area contributed by atoms with Gasteiger partial charge in [-0.3, -0.25) is 0 Å². The van der Waals surface area contributed by atoms with E-state index in [0.29, 0.717) is 21.0 Å². The fraction of sp³-hybridized carbons (Fsp3) is 0. The molecule has 3 rings (SSSR count). The molecular formula is C20H11BrClNO3. The van der Waals surface area contributed by atoms with Crippen molar-refractivity contribution in [1.29, 1.82) is 5.26 Å². The molecule has 0 aliphatic rings. The van der Waals surface area contributed by atoms with Gasteiger partial charge in [0.1, 0.15) is 5.75 Å². The highest BCUT2D eigenvalue weighted by Gasteiger charge is 2.13. The quantitative estimate of drug-likeness (QED) is 0.222. The van der Waals surface area contributed by atoms with Gasteiger partial charge in [-0.1, -0.05) is 35.9 Å². The second kappa shape index (κ2) is 8.05. The van der Waals surface area contributed by atoms with Crippen LogP contribution in [-0.2, 0) is 0 Å². The summed E-state index contributed by atoms with van der Waals surface area (Å²) in [4.78, 5) is 11.9. The van der Waals surface area contributed by atoms with Crippen LogP contribution in [0, 0.1) is 11.3 Å². The Labute approximate surface area is 163 Å². The molecular weight excluding hydrogens is 418 g/mol. The number of halogens is 2. The number of carbonyl (C=O) groups is 1. The number of rotatable bonds is 4. The van der Waals surface area contributed by atoms with Gasteiger partial charge in [0.05, 0.1) is 11.6 Å². The Morgan fingerprint density at radius 2 is 1.77 bits per heavy atom. The predicted molar refractivity (Wildman–Crippen MR) is 103 cm³/mol. The van der Waals surface area contributed by atoms with E-state index in [1.165, 1.54) is 6.07 Å². The Morgan fingerprint density at radius 3 is 2.35 bits per heavy atom. The number of furan rings is 1. The zero-order chi connectivity index (χ0) is 18.5. The van der Waals surface area contributed by atoms with Gasteiger partial charge < -0.3 is 9.15 Å². The fourth-order valence-electron chi connectivity index (χ4n) is 2.19.